The molecule has 0 unspecified atom stereocenters. The number of hydrogen-bond donors (Lipinski definition) is 1. The normalized spacial score (nSPS) is 13.0. The van der Waals surface area contributed by atoms with Gasteiger partial charge in [-0.1, -0.05) is 43.3 Å². The summed E-state index contributed by atoms with van der Waals surface area (Å²) in [4.78, 5) is 4.25. The molecule has 0 spiro atoms. The highest BCUT2D eigenvalue weighted by Crippen LogP contribution is 2.21. The average molecular weight is 231 g/mol. The first kappa shape index (κ1) is 11.8. The highest BCUT2D eigenvalue weighted by atomic mass is 16.5. The molecule has 0 aliphatic rings. The summed E-state index contributed by atoms with van der Waals surface area (Å²) in [7, 11) is 0. The second-order valence-corrected chi connectivity index (χ2v) is 4.52. The molecule has 0 radical (unpaired) electrons. The summed E-state index contributed by atoms with van der Waals surface area (Å²) in [5, 5.41) is 3.92. The van der Waals surface area contributed by atoms with Crippen molar-refractivity contribution in [3.8, 4) is 11.4 Å². The van der Waals surface area contributed by atoms with Crippen LogP contribution in [-0.4, -0.2) is 10.1 Å². The van der Waals surface area contributed by atoms with Crippen LogP contribution >= 0.6 is 0 Å². The van der Waals surface area contributed by atoms with Crippen LogP contribution in [0.3, 0.4) is 0 Å². The van der Waals surface area contributed by atoms with Gasteiger partial charge in [0.05, 0.1) is 6.04 Å². The molecular weight excluding hydrogens is 214 g/mol. The first-order valence-corrected chi connectivity index (χ1v) is 5.77. The van der Waals surface area contributed by atoms with Crippen LogP contribution in [-0.2, 0) is 0 Å². The van der Waals surface area contributed by atoms with Gasteiger partial charge in [0, 0.05) is 5.56 Å². The monoisotopic (exact) mass is 231 g/mol. The van der Waals surface area contributed by atoms with Crippen molar-refractivity contribution in [1.29, 1.82) is 0 Å². The minimum Gasteiger partial charge on any atom is -0.337 e. The summed E-state index contributed by atoms with van der Waals surface area (Å²) in [5.74, 6) is 1.58. The molecule has 0 amide bonds. The maximum absolute atomic E-state index is 5.67. The Labute approximate surface area is 101 Å². The van der Waals surface area contributed by atoms with Gasteiger partial charge in [-0.05, 0) is 18.4 Å². The molecule has 1 atom stereocenters. The lowest BCUT2D eigenvalue weighted by atomic mass is 10.0. The van der Waals surface area contributed by atoms with Crippen LogP contribution < -0.4 is 5.73 Å². The van der Waals surface area contributed by atoms with Crippen molar-refractivity contribution in [2.24, 2.45) is 5.73 Å². The largest absolute Gasteiger partial charge is 0.337 e. The Hall–Kier alpha value is -1.68. The Bertz CT molecular complexity index is 486. The minimum absolute atomic E-state index is 0.230. The Balaban J connectivity index is 2.27. The maximum atomic E-state index is 5.67. The van der Waals surface area contributed by atoms with Crippen LogP contribution in [0, 0.1) is 0 Å². The lowest BCUT2D eigenvalue weighted by Gasteiger charge is -2.04. The zero-order valence-electron chi connectivity index (χ0n) is 10.3. The zero-order valence-corrected chi connectivity index (χ0v) is 10.3. The molecule has 17 heavy (non-hydrogen) atoms. The zero-order chi connectivity index (χ0) is 12.4. The van der Waals surface area contributed by atoms with Gasteiger partial charge >= 0.3 is 0 Å². The molecule has 2 rings (SSSR count). The summed E-state index contributed by atoms with van der Waals surface area (Å²) in [6.07, 6.45) is 0. The Kier molecular flexibility index (Phi) is 3.24. The fourth-order valence-corrected chi connectivity index (χ4v) is 1.55. The fraction of sp³-hybridized carbons (Fsp3) is 0.385. The molecule has 90 valence electrons. The molecule has 1 aromatic carbocycles. The van der Waals surface area contributed by atoms with Gasteiger partial charge in [0.1, 0.15) is 0 Å². The number of aromatic nitrogens is 2. The van der Waals surface area contributed by atoms with E-state index in [1.165, 1.54) is 5.56 Å². The molecule has 0 bridgehead atoms. The first-order chi connectivity index (χ1) is 8.08. The number of rotatable bonds is 3. The van der Waals surface area contributed by atoms with Crippen LogP contribution in [0.4, 0.5) is 0 Å². The highest BCUT2D eigenvalue weighted by molar-refractivity contribution is 5.54. The van der Waals surface area contributed by atoms with E-state index in [1.807, 2.05) is 19.1 Å². The molecule has 4 nitrogen and oxygen atoms in total. The lowest BCUT2D eigenvalue weighted by Crippen LogP contribution is -2.04. The molecule has 0 aliphatic carbocycles. The number of benzene rings is 1. The quantitative estimate of drug-likeness (QED) is 0.882. The molecule has 1 aromatic heterocycles. The predicted molar refractivity (Wildman–Crippen MR) is 66.4 cm³/mol. The van der Waals surface area contributed by atoms with Crippen molar-refractivity contribution in [3.63, 3.8) is 0 Å². The van der Waals surface area contributed by atoms with Gasteiger partial charge in [0.2, 0.25) is 11.7 Å². The van der Waals surface area contributed by atoms with Crippen molar-refractivity contribution in [2.75, 3.05) is 0 Å². The van der Waals surface area contributed by atoms with Gasteiger partial charge in [0.15, 0.2) is 0 Å². The Morgan fingerprint density at radius 2 is 1.76 bits per heavy atom. The maximum Gasteiger partial charge on any atom is 0.243 e. The fourth-order valence-electron chi connectivity index (χ4n) is 1.55. The van der Waals surface area contributed by atoms with E-state index >= 15 is 0 Å². The second kappa shape index (κ2) is 4.67. The smallest absolute Gasteiger partial charge is 0.243 e. The standard InChI is InChI=1S/C13H17N3O/c1-8(2)10-4-6-11(7-5-10)12-15-13(9(3)14)17-16-12/h4-9H,14H2,1-3H3/t9-/m1/s1. The van der Waals surface area contributed by atoms with Crippen molar-refractivity contribution in [2.45, 2.75) is 32.7 Å². The number of hydrogen-bond acceptors (Lipinski definition) is 4. The topological polar surface area (TPSA) is 64.9 Å². The van der Waals surface area contributed by atoms with Crippen LogP contribution in [0.1, 0.15) is 44.2 Å². The summed E-state index contributed by atoms with van der Waals surface area (Å²) in [6, 6.07) is 7.95. The van der Waals surface area contributed by atoms with Crippen molar-refractivity contribution in [1.82, 2.24) is 10.1 Å². The minimum atomic E-state index is -0.230. The van der Waals surface area contributed by atoms with Crippen molar-refractivity contribution < 1.29 is 4.52 Å². The van der Waals surface area contributed by atoms with Gasteiger partial charge in [-0.3, -0.25) is 0 Å². The third-order valence-corrected chi connectivity index (χ3v) is 2.67. The molecule has 0 aliphatic heterocycles. The van der Waals surface area contributed by atoms with E-state index in [1.54, 1.807) is 0 Å². The van der Waals surface area contributed by atoms with E-state index in [-0.39, 0.29) is 6.04 Å². The molecule has 0 saturated carbocycles. The van der Waals surface area contributed by atoms with E-state index in [9.17, 15) is 0 Å². The van der Waals surface area contributed by atoms with Crippen LogP contribution in [0.5, 0.6) is 0 Å². The summed E-state index contributed by atoms with van der Waals surface area (Å²) < 4.78 is 5.07. The van der Waals surface area contributed by atoms with E-state index < -0.39 is 0 Å². The molecule has 2 N–H and O–H groups in total. The Morgan fingerprint density at radius 3 is 2.24 bits per heavy atom. The van der Waals surface area contributed by atoms with Gasteiger partial charge in [-0.15, -0.1) is 0 Å². The number of nitrogens with two attached hydrogens (primary N) is 1. The third-order valence-electron chi connectivity index (χ3n) is 2.67. The molecular formula is C13H17N3O. The van der Waals surface area contributed by atoms with Gasteiger partial charge in [0.25, 0.3) is 0 Å². The predicted octanol–water partition coefficient (Wildman–Crippen LogP) is 2.88. The second-order valence-electron chi connectivity index (χ2n) is 4.52. The van der Waals surface area contributed by atoms with Crippen molar-refractivity contribution >= 4 is 0 Å². The van der Waals surface area contributed by atoms with E-state index in [0.717, 1.165) is 5.56 Å². The van der Waals surface area contributed by atoms with Crippen molar-refractivity contribution in [3.05, 3.63) is 35.7 Å². The molecule has 1 heterocycles. The third kappa shape index (κ3) is 2.53. The van der Waals surface area contributed by atoms with Gasteiger partial charge < -0.3 is 10.3 Å². The SMILES string of the molecule is CC(C)c1ccc(-c2noc([C@@H](C)N)n2)cc1. The summed E-state index contributed by atoms with van der Waals surface area (Å²) >= 11 is 0. The van der Waals surface area contributed by atoms with Gasteiger partial charge in [-0.25, -0.2) is 0 Å². The summed E-state index contributed by atoms with van der Waals surface area (Å²) in [6.45, 7) is 6.15. The van der Waals surface area contributed by atoms with Gasteiger partial charge in [-0.2, -0.15) is 4.98 Å². The summed E-state index contributed by atoms with van der Waals surface area (Å²) in [5.41, 5.74) is 7.92. The van der Waals surface area contributed by atoms with E-state index in [0.29, 0.717) is 17.6 Å². The lowest BCUT2D eigenvalue weighted by molar-refractivity contribution is 0.362. The van der Waals surface area contributed by atoms with E-state index in [4.69, 9.17) is 10.3 Å². The van der Waals surface area contributed by atoms with Crippen LogP contribution in [0.2, 0.25) is 0 Å². The van der Waals surface area contributed by atoms with Crippen LogP contribution in [0.25, 0.3) is 11.4 Å². The number of nitrogens with zero attached hydrogens (tertiary/aromatic N) is 2. The Morgan fingerprint density at radius 1 is 1.12 bits per heavy atom. The van der Waals surface area contributed by atoms with E-state index in [2.05, 4.69) is 36.1 Å². The molecule has 4 heteroatoms. The first-order valence-electron chi connectivity index (χ1n) is 5.77. The molecule has 2 aromatic rings. The van der Waals surface area contributed by atoms with Crippen LogP contribution in [0.15, 0.2) is 28.8 Å². The molecule has 0 fully saturated rings. The molecule has 0 saturated heterocycles. The average Bonchev–Trinajstić information content (AvgIpc) is 2.78. The highest BCUT2D eigenvalue weighted by Gasteiger charge is 2.11.